The van der Waals surface area contributed by atoms with E-state index in [0.717, 1.165) is 11.1 Å². The van der Waals surface area contributed by atoms with Crippen LogP contribution in [0, 0.1) is 0 Å². The molecule has 0 saturated carbocycles. The first-order valence-corrected chi connectivity index (χ1v) is 15.4. The second-order valence-corrected chi connectivity index (χ2v) is 11.9. The van der Waals surface area contributed by atoms with Crippen molar-refractivity contribution >= 4 is 58.2 Å². The second kappa shape index (κ2) is 13.5. The average molecular weight is 674 g/mol. The summed E-state index contributed by atoms with van der Waals surface area (Å²) >= 11 is 19.8. The van der Waals surface area contributed by atoms with Crippen LogP contribution in [0.4, 0.5) is 0 Å². The van der Waals surface area contributed by atoms with Crippen molar-refractivity contribution in [2.45, 2.75) is 26.5 Å². The van der Waals surface area contributed by atoms with E-state index in [1.807, 2.05) is 24.3 Å². The van der Waals surface area contributed by atoms with E-state index in [2.05, 4.69) is 4.99 Å². The molecule has 1 unspecified atom stereocenters. The Morgan fingerprint density at radius 1 is 1.02 bits per heavy atom. The van der Waals surface area contributed by atoms with Gasteiger partial charge in [-0.3, -0.25) is 9.36 Å². The molecule has 1 aromatic heterocycles. The number of esters is 1. The SMILES string of the molecule is CCOC(=O)C1=C(C)N=c2s/c(=C/c3ccc(OC)c(COc4c(Cl)cc(Cl)cc4Cl)c3)c(=O)n2C1c1ccc(OC)cc1. The van der Waals surface area contributed by atoms with Crippen LogP contribution in [-0.4, -0.2) is 31.4 Å². The Morgan fingerprint density at radius 3 is 2.36 bits per heavy atom. The molecule has 2 heterocycles. The van der Waals surface area contributed by atoms with Gasteiger partial charge in [-0.2, -0.15) is 0 Å². The Bertz CT molecular complexity index is 1930. The van der Waals surface area contributed by atoms with Crippen LogP contribution in [0.15, 0.2) is 75.7 Å². The fraction of sp³-hybridized carbons (Fsp3) is 0.219. The number of benzene rings is 3. The van der Waals surface area contributed by atoms with Gasteiger partial charge in [0.2, 0.25) is 0 Å². The van der Waals surface area contributed by atoms with Crippen LogP contribution in [0.1, 0.15) is 36.6 Å². The third kappa shape index (κ3) is 6.37. The maximum absolute atomic E-state index is 14.0. The molecular weight excluding hydrogens is 647 g/mol. The maximum atomic E-state index is 14.0. The van der Waals surface area contributed by atoms with Gasteiger partial charge in [-0.15, -0.1) is 0 Å². The predicted octanol–water partition coefficient (Wildman–Crippen LogP) is 6.35. The second-order valence-electron chi connectivity index (χ2n) is 9.63. The number of hydrogen-bond donors (Lipinski definition) is 0. The molecule has 0 radical (unpaired) electrons. The largest absolute Gasteiger partial charge is 0.497 e. The van der Waals surface area contributed by atoms with Gasteiger partial charge in [0, 0.05) is 10.6 Å². The Labute approximate surface area is 272 Å². The number of aromatic nitrogens is 1. The summed E-state index contributed by atoms with van der Waals surface area (Å²) in [6.45, 7) is 3.76. The van der Waals surface area contributed by atoms with E-state index in [0.29, 0.717) is 48.4 Å². The number of halogens is 3. The van der Waals surface area contributed by atoms with Crippen LogP contribution in [0.3, 0.4) is 0 Å². The van der Waals surface area contributed by atoms with E-state index >= 15 is 0 Å². The van der Waals surface area contributed by atoms with Gasteiger partial charge in [-0.1, -0.05) is 64.3 Å². The van der Waals surface area contributed by atoms with Gasteiger partial charge in [0.1, 0.15) is 18.1 Å². The highest BCUT2D eigenvalue weighted by Crippen LogP contribution is 2.37. The molecule has 0 spiro atoms. The lowest BCUT2D eigenvalue weighted by atomic mass is 9.96. The van der Waals surface area contributed by atoms with Gasteiger partial charge >= 0.3 is 5.97 Å². The lowest BCUT2D eigenvalue weighted by Gasteiger charge is -2.24. The van der Waals surface area contributed by atoms with E-state index in [1.165, 1.54) is 15.9 Å². The summed E-state index contributed by atoms with van der Waals surface area (Å²) in [6.07, 6.45) is 1.77. The minimum Gasteiger partial charge on any atom is -0.497 e. The molecule has 44 heavy (non-hydrogen) atoms. The third-order valence-corrected chi connectivity index (χ3v) is 8.65. The third-order valence-electron chi connectivity index (χ3n) is 6.89. The van der Waals surface area contributed by atoms with E-state index in [9.17, 15) is 9.59 Å². The number of allylic oxidation sites excluding steroid dienone is 1. The zero-order valence-corrected chi connectivity index (χ0v) is 27.2. The number of thiazole rings is 1. The molecule has 0 saturated heterocycles. The number of methoxy groups -OCH3 is 2. The van der Waals surface area contributed by atoms with Crippen molar-refractivity contribution in [3.63, 3.8) is 0 Å². The Morgan fingerprint density at radius 2 is 1.73 bits per heavy atom. The van der Waals surface area contributed by atoms with Crippen LogP contribution in [0.25, 0.3) is 6.08 Å². The summed E-state index contributed by atoms with van der Waals surface area (Å²) in [5.41, 5.74) is 2.65. The Kier molecular flexibility index (Phi) is 9.70. The number of rotatable bonds is 9. The number of nitrogens with zero attached hydrogens (tertiary/aromatic N) is 2. The highest BCUT2D eigenvalue weighted by Gasteiger charge is 2.33. The summed E-state index contributed by atoms with van der Waals surface area (Å²) in [7, 11) is 3.13. The molecule has 0 amide bonds. The zero-order valence-electron chi connectivity index (χ0n) is 24.2. The van der Waals surface area contributed by atoms with Crippen molar-refractivity contribution in [3.8, 4) is 17.2 Å². The van der Waals surface area contributed by atoms with E-state index in [-0.39, 0.29) is 28.8 Å². The minimum atomic E-state index is -0.730. The highest BCUT2D eigenvalue weighted by atomic mass is 35.5. The van der Waals surface area contributed by atoms with Crippen molar-refractivity contribution in [3.05, 3.63) is 117 Å². The predicted molar refractivity (Wildman–Crippen MR) is 172 cm³/mol. The van der Waals surface area contributed by atoms with Crippen LogP contribution >= 0.6 is 46.1 Å². The smallest absolute Gasteiger partial charge is 0.338 e. The average Bonchev–Trinajstić information content (AvgIpc) is 3.29. The number of fused-ring (bicyclic) bond motifs is 1. The highest BCUT2D eigenvalue weighted by molar-refractivity contribution is 7.07. The molecule has 1 atom stereocenters. The first kappa shape index (κ1) is 31.7. The van der Waals surface area contributed by atoms with Gasteiger partial charge in [0.25, 0.3) is 5.56 Å². The van der Waals surface area contributed by atoms with E-state index < -0.39 is 12.0 Å². The molecule has 0 fully saturated rings. The normalized spacial score (nSPS) is 14.6. The van der Waals surface area contributed by atoms with Crippen LogP contribution in [0.2, 0.25) is 15.1 Å². The summed E-state index contributed by atoms with van der Waals surface area (Å²) in [6, 6.07) is 15.1. The van der Waals surface area contributed by atoms with Crippen LogP contribution in [0.5, 0.6) is 17.2 Å². The molecule has 0 bridgehead atoms. The topological polar surface area (TPSA) is 88.4 Å². The number of carbonyl (C=O) groups excluding carboxylic acids is 1. The van der Waals surface area contributed by atoms with Gasteiger partial charge in [-0.25, -0.2) is 9.79 Å². The lowest BCUT2D eigenvalue weighted by molar-refractivity contribution is -0.139. The molecule has 1 aliphatic heterocycles. The van der Waals surface area contributed by atoms with Crippen molar-refractivity contribution < 1.29 is 23.7 Å². The molecule has 3 aromatic carbocycles. The minimum absolute atomic E-state index is 0.0900. The van der Waals surface area contributed by atoms with Gasteiger partial charge < -0.3 is 18.9 Å². The number of hydrogen-bond acceptors (Lipinski definition) is 8. The number of carbonyl (C=O) groups is 1. The van der Waals surface area contributed by atoms with Crippen LogP contribution in [-0.2, 0) is 16.1 Å². The van der Waals surface area contributed by atoms with Crippen molar-refractivity contribution in [1.82, 2.24) is 4.57 Å². The van der Waals surface area contributed by atoms with Gasteiger partial charge in [0.05, 0.1) is 52.7 Å². The molecule has 0 aliphatic carbocycles. The molecule has 8 nitrogen and oxygen atoms in total. The Hall–Kier alpha value is -3.76. The molecule has 228 valence electrons. The molecule has 4 aromatic rings. The molecule has 1 aliphatic rings. The molecule has 5 rings (SSSR count). The lowest BCUT2D eigenvalue weighted by Crippen LogP contribution is -2.39. The monoisotopic (exact) mass is 672 g/mol. The van der Waals surface area contributed by atoms with E-state index in [1.54, 1.807) is 64.5 Å². The molecule has 0 N–H and O–H groups in total. The molecule has 12 heteroatoms. The standard InChI is InChI=1S/C32H27Cl3N2O6S/c1-5-42-31(39)27-17(2)36-32-37(28(27)19-7-9-22(40-3)10-8-19)30(38)26(44-32)13-18-6-11-25(41-4)20(12-18)16-43-29-23(34)14-21(33)15-24(29)35/h6-15,28H,5,16H2,1-4H3/b26-13+. The zero-order chi connectivity index (χ0) is 31.5. The van der Waals surface area contributed by atoms with E-state index in [4.69, 9.17) is 53.8 Å². The fourth-order valence-electron chi connectivity index (χ4n) is 4.86. The van der Waals surface area contributed by atoms with Crippen molar-refractivity contribution in [2.24, 2.45) is 4.99 Å². The fourth-order valence-corrected chi connectivity index (χ4v) is 6.84. The quantitative estimate of drug-likeness (QED) is 0.192. The summed E-state index contributed by atoms with van der Waals surface area (Å²) in [5.74, 6) is 1.01. The van der Waals surface area contributed by atoms with Crippen molar-refractivity contribution in [1.29, 1.82) is 0 Å². The van der Waals surface area contributed by atoms with Gasteiger partial charge in [-0.05, 0) is 67.4 Å². The number of ether oxygens (including phenoxy) is 4. The molecular formula is C32H27Cl3N2O6S. The summed E-state index contributed by atoms with van der Waals surface area (Å²) in [4.78, 5) is 32.2. The van der Waals surface area contributed by atoms with Crippen molar-refractivity contribution in [2.75, 3.05) is 20.8 Å². The Balaban J connectivity index is 1.57. The van der Waals surface area contributed by atoms with Crippen LogP contribution < -0.4 is 29.1 Å². The maximum Gasteiger partial charge on any atom is 0.338 e. The summed E-state index contributed by atoms with van der Waals surface area (Å²) < 4.78 is 24.1. The first-order valence-electron chi connectivity index (χ1n) is 13.4. The summed E-state index contributed by atoms with van der Waals surface area (Å²) in [5, 5.41) is 0.956. The first-order chi connectivity index (χ1) is 21.1. The van der Waals surface area contributed by atoms with Gasteiger partial charge in [0.15, 0.2) is 10.6 Å².